The Balaban J connectivity index is 1.38. The Labute approximate surface area is 214 Å². The Bertz CT molecular complexity index is 1220. The molecule has 5 atom stereocenters. The minimum absolute atomic E-state index is 0.135. The Morgan fingerprint density at radius 3 is 2.65 bits per heavy atom. The number of piperazine rings is 1. The molecule has 3 saturated heterocycles. The Kier molecular flexibility index (Phi) is 7.07. The number of nitrogens with zero attached hydrogens (tertiary/aromatic N) is 3. The summed E-state index contributed by atoms with van der Waals surface area (Å²) >= 11 is 0. The number of likely N-dealkylation sites (N-methyl/N-ethyl adjacent to an activating group) is 1. The molecule has 0 saturated carbocycles. The Morgan fingerprint density at radius 2 is 1.86 bits per heavy atom. The molecule has 4 heterocycles. The molecule has 3 N–H and O–H groups in total. The van der Waals surface area contributed by atoms with Crippen molar-refractivity contribution in [3.63, 3.8) is 0 Å². The summed E-state index contributed by atoms with van der Waals surface area (Å²) in [5.41, 5.74) is 0.247. The van der Waals surface area contributed by atoms with Crippen LogP contribution in [0, 0.1) is 0 Å². The molecule has 0 aliphatic carbocycles. The van der Waals surface area contributed by atoms with E-state index in [1.807, 2.05) is 42.3 Å². The van der Waals surface area contributed by atoms with E-state index in [4.69, 9.17) is 4.74 Å². The molecule has 37 heavy (non-hydrogen) atoms. The lowest BCUT2D eigenvalue weighted by Crippen LogP contribution is -2.68. The highest BCUT2D eigenvalue weighted by atomic mass is 16.6. The summed E-state index contributed by atoms with van der Waals surface area (Å²) in [6, 6.07) is 6.53. The van der Waals surface area contributed by atoms with E-state index in [0.717, 1.165) is 24.6 Å². The molecule has 1 aromatic heterocycles. The maximum atomic E-state index is 13.9. The number of hydrogen-bond acceptors (Lipinski definition) is 8. The van der Waals surface area contributed by atoms with E-state index in [0.29, 0.717) is 18.4 Å². The molecular weight excluding hydrogens is 478 g/mol. The second-order valence-electron chi connectivity index (χ2n) is 10.0. The largest absolute Gasteiger partial charge is 0.434 e. The molecule has 3 aliphatic rings. The molecule has 11 nitrogen and oxygen atoms in total. The topological polar surface area (TPSA) is 141 Å². The number of carbonyl (C=O) groups is 4. The summed E-state index contributed by atoms with van der Waals surface area (Å²) in [6.45, 7) is 0.895. The summed E-state index contributed by atoms with van der Waals surface area (Å²) < 4.78 is 4.74. The average Bonchev–Trinajstić information content (AvgIpc) is 3.19. The summed E-state index contributed by atoms with van der Waals surface area (Å²) in [5, 5.41) is 17.1. The number of ether oxygens (including phenoxy) is 1. The molecule has 196 valence electrons. The number of benzene rings is 1. The molecular formula is C26H31N5O6. The van der Waals surface area contributed by atoms with Crippen LogP contribution in [-0.4, -0.2) is 94.2 Å². The molecule has 0 spiro atoms. The first-order valence-electron chi connectivity index (χ1n) is 12.6. The molecule has 11 heteroatoms. The standard InChI is InChI=1S/C26H31N5O6/c1-30-13-16-7-3-5-9-18(28-24(34)22-17-8-4-2-6-15(17)10-11-27-22)25(35)31(16)20(14-30)23(33)29-19-12-21(32)37-26(19)36/h2,4,6,8,10-11,16,18-20,26,36H,3,5,7,9,12-14H2,1H3,(H,28,34)(H,29,33)/t16-,18-,19?,20-,26?/m0/s1. The molecule has 3 amide bonds. The maximum absolute atomic E-state index is 13.9. The minimum atomic E-state index is -1.42. The number of fused-ring (bicyclic) bond motifs is 2. The van der Waals surface area contributed by atoms with Gasteiger partial charge in [-0.2, -0.15) is 0 Å². The number of rotatable bonds is 4. The second kappa shape index (κ2) is 10.4. The molecule has 2 unspecified atom stereocenters. The number of cyclic esters (lactones) is 1. The number of aromatic nitrogens is 1. The molecule has 0 radical (unpaired) electrons. The second-order valence-corrected chi connectivity index (χ2v) is 10.0. The van der Waals surface area contributed by atoms with Crippen LogP contribution in [0.4, 0.5) is 0 Å². The van der Waals surface area contributed by atoms with Crippen molar-refractivity contribution < 1.29 is 29.0 Å². The fraction of sp³-hybridized carbons (Fsp3) is 0.500. The van der Waals surface area contributed by atoms with Gasteiger partial charge in [0.2, 0.25) is 18.1 Å². The van der Waals surface area contributed by atoms with Crippen molar-refractivity contribution in [2.24, 2.45) is 0 Å². The van der Waals surface area contributed by atoms with E-state index in [-0.39, 0.29) is 30.6 Å². The first kappa shape index (κ1) is 25.1. The van der Waals surface area contributed by atoms with Gasteiger partial charge in [0, 0.05) is 30.7 Å². The number of amides is 3. The highest BCUT2D eigenvalue weighted by Crippen LogP contribution is 2.26. The van der Waals surface area contributed by atoms with Crippen molar-refractivity contribution in [2.75, 3.05) is 20.1 Å². The number of aliphatic hydroxyl groups is 1. The summed E-state index contributed by atoms with van der Waals surface area (Å²) in [6.07, 6.45) is 2.81. The normalized spacial score (nSPS) is 28.7. The third-order valence-electron chi connectivity index (χ3n) is 7.38. The summed E-state index contributed by atoms with van der Waals surface area (Å²) in [4.78, 5) is 59.9. The third kappa shape index (κ3) is 5.14. The van der Waals surface area contributed by atoms with Crippen molar-refractivity contribution in [1.82, 2.24) is 25.4 Å². The van der Waals surface area contributed by atoms with Crippen LogP contribution in [0.2, 0.25) is 0 Å². The fourth-order valence-electron chi connectivity index (χ4n) is 5.57. The quantitative estimate of drug-likeness (QED) is 0.496. The van der Waals surface area contributed by atoms with Crippen molar-refractivity contribution in [3.8, 4) is 0 Å². The van der Waals surface area contributed by atoms with Gasteiger partial charge in [0.1, 0.15) is 23.8 Å². The van der Waals surface area contributed by atoms with Gasteiger partial charge in [-0.15, -0.1) is 0 Å². The summed E-state index contributed by atoms with van der Waals surface area (Å²) in [5.74, 6) is -1.81. The number of esters is 1. The van der Waals surface area contributed by atoms with E-state index >= 15 is 0 Å². The van der Waals surface area contributed by atoms with Crippen LogP contribution in [-0.2, 0) is 19.1 Å². The van der Waals surface area contributed by atoms with E-state index in [9.17, 15) is 24.3 Å². The smallest absolute Gasteiger partial charge is 0.310 e. The first-order valence-corrected chi connectivity index (χ1v) is 12.6. The monoisotopic (exact) mass is 509 g/mol. The van der Waals surface area contributed by atoms with E-state index < -0.39 is 42.2 Å². The Morgan fingerprint density at radius 1 is 1.08 bits per heavy atom. The van der Waals surface area contributed by atoms with Crippen LogP contribution in [0.15, 0.2) is 36.5 Å². The lowest BCUT2D eigenvalue weighted by molar-refractivity contribution is -0.156. The zero-order valence-electron chi connectivity index (χ0n) is 20.6. The number of hydrogen-bond donors (Lipinski definition) is 3. The fourth-order valence-corrected chi connectivity index (χ4v) is 5.57. The van der Waals surface area contributed by atoms with Gasteiger partial charge in [-0.3, -0.25) is 24.2 Å². The van der Waals surface area contributed by atoms with E-state index in [1.165, 1.54) is 0 Å². The van der Waals surface area contributed by atoms with E-state index in [2.05, 4.69) is 15.6 Å². The van der Waals surface area contributed by atoms with Gasteiger partial charge in [0.05, 0.1) is 6.42 Å². The molecule has 2 aromatic rings. The van der Waals surface area contributed by atoms with Gasteiger partial charge in [-0.1, -0.05) is 37.1 Å². The van der Waals surface area contributed by atoms with E-state index in [1.54, 1.807) is 11.1 Å². The molecule has 0 bridgehead atoms. The van der Waals surface area contributed by atoms with Crippen LogP contribution in [0.1, 0.15) is 42.6 Å². The van der Waals surface area contributed by atoms with Crippen LogP contribution in [0.5, 0.6) is 0 Å². The van der Waals surface area contributed by atoms with Gasteiger partial charge < -0.3 is 30.3 Å². The van der Waals surface area contributed by atoms with Gasteiger partial charge in [0.15, 0.2) is 0 Å². The maximum Gasteiger partial charge on any atom is 0.310 e. The SMILES string of the molecule is CN1C[C@@H]2CCCC[C@H](NC(=O)c3nccc4ccccc34)C(=O)N2[C@H](C(=O)NC2CC(=O)OC2O)C1. The lowest BCUT2D eigenvalue weighted by Gasteiger charge is -2.47. The number of nitrogens with one attached hydrogen (secondary N) is 2. The Hall–Kier alpha value is -3.57. The van der Waals surface area contributed by atoms with Crippen LogP contribution in [0.25, 0.3) is 10.8 Å². The highest BCUT2D eigenvalue weighted by molar-refractivity contribution is 6.06. The minimum Gasteiger partial charge on any atom is -0.434 e. The predicted molar refractivity (Wildman–Crippen MR) is 132 cm³/mol. The predicted octanol–water partition coefficient (Wildman–Crippen LogP) is 0.169. The van der Waals surface area contributed by atoms with Crippen molar-refractivity contribution in [2.45, 2.75) is 62.6 Å². The molecule has 5 rings (SSSR count). The van der Waals surface area contributed by atoms with Gasteiger partial charge >= 0.3 is 5.97 Å². The van der Waals surface area contributed by atoms with Crippen molar-refractivity contribution in [1.29, 1.82) is 0 Å². The zero-order chi connectivity index (χ0) is 26.1. The van der Waals surface area contributed by atoms with Crippen molar-refractivity contribution >= 4 is 34.5 Å². The molecule has 3 fully saturated rings. The van der Waals surface area contributed by atoms with Crippen LogP contribution < -0.4 is 10.6 Å². The van der Waals surface area contributed by atoms with Gasteiger partial charge in [-0.25, -0.2) is 0 Å². The summed E-state index contributed by atoms with van der Waals surface area (Å²) in [7, 11) is 1.89. The average molecular weight is 510 g/mol. The number of carbonyl (C=O) groups excluding carboxylic acids is 4. The zero-order valence-corrected chi connectivity index (χ0v) is 20.6. The van der Waals surface area contributed by atoms with Crippen LogP contribution in [0.3, 0.4) is 0 Å². The molecule has 1 aromatic carbocycles. The lowest BCUT2D eigenvalue weighted by atomic mass is 9.93. The van der Waals surface area contributed by atoms with Gasteiger partial charge in [-0.05, 0) is 31.3 Å². The highest BCUT2D eigenvalue weighted by Gasteiger charge is 2.45. The van der Waals surface area contributed by atoms with Crippen molar-refractivity contribution in [3.05, 3.63) is 42.2 Å². The van der Waals surface area contributed by atoms with Crippen LogP contribution >= 0.6 is 0 Å². The molecule has 3 aliphatic heterocycles. The third-order valence-corrected chi connectivity index (χ3v) is 7.38. The van der Waals surface area contributed by atoms with Gasteiger partial charge in [0.25, 0.3) is 5.91 Å². The number of aliphatic hydroxyl groups excluding tert-OH is 1. The first-order chi connectivity index (χ1) is 17.8. The number of pyridine rings is 1.